The summed E-state index contributed by atoms with van der Waals surface area (Å²) in [4.78, 5) is 0. The molecule has 0 amide bonds. The van der Waals surface area contributed by atoms with Crippen molar-refractivity contribution < 1.29 is 0 Å². The number of benzene rings is 6. The van der Waals surface area contributed by atoms with Gasteiger partial charge in [-0.3, -0.25) is 0 Å². The molecule has 6 aromatic carbocycles. The molecule has 2 heterocycles. The van der Waals surface area contributed by atoms with Crippen LogP contribution in [-0.4, -0.2) is 9.13 Å². The summed E-state index contributed by atoms with van der Waals surface area (Å²) >= 11 is 0. The van der Waals surface area contributed by atoms with Crippen LogP contribution in [0.1, 0.15) is 0 Å². The van der Waals surface area contributed by atoms with Gasteiger partial charge >= 0.3 is 0 Å². The molecule has 0 bridgehead atoms. The quantitative estimate of drug-likeness (QED) is 0.223. The van der Waals surface area contributed by atoms with Crippen LogP contribution in [0.3, 0.4) is 0 Å². The Morgan fingerprint density at radius 2 is 0.950 bits per heavy atom. The van der Waals surface area contributed by atoms with Crippen molar-refractivity contribution in [2.24, 2.45) is 0 Å². The highest BCUT2D eigenvalue weighted by Gasteiger charge is 2.13. The largest absolute Gasteiger partial charge is 0.317 e. The van der Waals surface area contributed by atoms with Crippen LogP contribution in [0.4, 0.5) is 0 Å². The fourth-order valence-corrected chi connectivity index (χ4v) is 6.02. The molecule has 0 radical (unpaired) electrons. The summed E-state index contributed by atoms with van der Waals surface area (Å²) in [5, 5.41) is 5.01. The molecule has 40 heavy (non-hydrogen) atoms. The number of hydrogen-bond donors (Lipinski definition) is 0. The lowest BCUT2D eigenvalue weighted by atomic mass is 9.96. The third-order valence-corrected chi connectivity index (χ3v) is 8.00. The van der Waals surface area contributed by atoms with Gasteiger partial charge in [0.25, 0.3) is 0 Å². The minimum absolute atomic E-state index is 1.16. The van der Waals surface area contributed by atoms with Gasteiger partial charge in [0, 0.05) is 34.5 Å². The average Bonchev–Trinajstić information content (AvgIpc) is 3.66. The van der Waals surface area contributed by atoms with Crippen LogP contribution in [-0.2, 0) is 0 Å². The van der Waals surface area contributed by atoms with Crippen molar-refractivity contribution in [1.29, 1.82) is 0 Å². The predicted molar refractivity (Wildman–Crippen MR) is 168 cm³/mol. The molecular weight excluding hydrogens is 484 g/mol. The Bertz CT molecular complexity index is 2130. The minimum atomic E-state index is 1.16. The number of rotatable bonds is 4. The normalized spacial score (nSPS) is 11.5. The first-order chi connectivity index (χ1) is 19.8. The van der Waals surface area contributed by atoms with Crippen molar-refractivity contribution in [3.63, 3.8) is 0 Å². The van der Waals surface area contributed by atoms with Gasteiger partial charge in [-0.15, -0.1) is 0 Å². The van der Waals surface area contributed by atoms with Gasteiger partial charge in [0.15, 0.2) is 0 Å². The summed E-state index contributed by atoms with van der Waals surface area (Å²) in [5.74, 6) is 0. The van der Waals surface area contributed by atoms with Gasteiger partial charge in [-0.2, -0.15) is 0 Å². The van der Waals surface area contributed by atoms with E-state index in [-0.39, 0.29) is 0 Å². The maximum absolute atomic E-state index is 2.34. The van der Waals surface area contributed by atoms with E-state index in [2.05, 4.69) is 167 Å². The standard InChI is InChI=1S/C38H26N2/c1-2-8-27(9-3-1)28-14-18-33(19-15-28)40-25-23-31-26-36(34-11-5-6-12-35(34)38(31)40)29-16-20-32(21-17-29)39-24-22-30-10-4-7-13-37(30)39/h1-26H. The van der Waals surface area contributed by atoms with Crippen molar-refractivity contribution in [2.45, 2.75) is 0 Å². The zero-order chi connectivity index (χ0) is 26.5. The first kappa shape index (κ1) is 22.6. The van der Waals surface area contributed by atoms with Crippen molar-refractivity contribution in [2.75, 3.05) is 0 Å². The molecule has 2 nitrogen and oxygen atoms in total. The number of para-hydroxylation sites is 1. The lowest BCUT2D eigenvalue weighted by Crippen LogP contribution is -1.94. The molecule has 0 fully saturated rings. The molecule has 2 heteroatoms. The predicted octanol–water partition coefficient (Wildman–Crippen LogP) is 10.1. The maximum Gasteiger partial charge on any atom is 0.0607 e. The van der Waals surface area contributed by atoms with Crippen LogP contribution < -0.4 is 0 Å². The summed E-state index contributed by atoms with van der Waals surface area (Å²) in [5.41, 5.74) is 9.73. The minimum Gasteiger partial charge on any atom is -0.317 e. The molecule has 0 spiro atoms. The van der Waals surface area contributed by atoms with Crippen molar-refractivity contribution >= 4 is 32.6 Å². The number of nitrogens with zero attached hydrogens (tertiary/aromatic N) is 2. The third-order valence-electron chi connectivity index (χ3n) is 8.00. The van der Waals surface area contributed by atoms with Crippen molar-refractivity contribution in [3.05, 3.63) is 158 Å². The van der Waals surface area contributed by atoms with Gasteiger partial charge in [0.1, 0.15) is 0 Å². The van der Waals surface area contributed by atoms with Crippen LogP contribution in [0.25, 0.3) is 66.2 Å². The monoisotopic (exact) mass is 510 g/mol. The van der Waals surface area contributed by atoms with E-state index in [9.17, 15) is 0 Å². The fourth-order valence-electron chi connectivity index (χ4n) is 6.02. The molecule has 0 N–H and O–H groups in total. The Kier molecular flexibility index (Phi) is 5.17. The van der Waals surface area contributed by atoms with E-state index in [0.29, 0.717) is 0 Å². The van der Waals surface area contributed by atoms with Gasteiger partial charge in [-0.25, -0.2) is 0 Å². The highest BCUT2D eigenvalue weighted by atomic mass is 15.0. The Balaban J connectivity index is 1.22. The molecule has 0 aliphatic heterocycles. The lowest BCUT2D eigenvalue weighted by Gasteiger charge is -2.13. The van der Waals surface area contributed by atoms with Crippen LogP contribution in [0.15, 0.2) is 158 Å². The molecule has 0 saturated heterocycles. The Morgan fingerprint density at radius 3 is 1.75 bits per heavy atom. The highest BCUT2D eigenvalue weighted by Crippen LogP contribution is 2.37. The molecule has 0 unspecified atom stereocenters. The molecule has 188 valence electrons. The summed E-state index contributed by atoms with van der Waals surface area (Å²) in [6.45, 7) is 0. The Labute approximate surface area is 233 Å². The Hall–Kier alpha value is -5.34. The summed E-state index contributed by atoms with van der Waals surface area (Å²) in [6.07, 6.45) is 4.34. The van der Waals surface area contributed by atoms with Crippen LogP contribution in [0.2, 0.25) is 0 Å². The number of aromatic nitrogens is 2. The maximum atomic E-state index is 2.34. The molecular formula is C38H26N2. The van der Waals surface area contributed by atoms with Crippen LogP contribution in [0, 0.1) is 0 Å². The topological polar surface area (TPSA) is 9.86 Å². The number of fused-ring (bicyclic) bond motifs is 4. The molecule has 0 atom stereocenters. The van der Waals surface area contributed by atoms with Gasteiger partial charge in [-0.1, -0.05) is 97.1 Å². The molecule has 8 aromatic rings. The zero-order valence-electron chi connectivity index (χ0n) is 21.9. The van der Waals surface area contributed by atoms with E-state index in [0.717, 1.165) is 5.69 Å². The summed E-state index contributed by atoms with van der Waals surface area (Å²) in [6, 6.07) is 52.4. The van der Waals surface area contributed by atoms with Crippen molar-refractivity contribution in [3.8, 4) is 33.6 Å². The van der Waals surface area contributed by atoms with E-state index < -0.39 is 0 Å². The van der Waals surface area contributed by atoms with E-state index in [4.69, 9.17) is 0 Å². The second-order valence-electron chi connectivity index (χ2n) is 10.3. The van der Waals surface area contributed by atoms with E-state index >= 15 is 0 Å². The average molecular weight is 511 g/mol. The summed E-state index contributed by atoms with van der Waals surface area (Å²) in [7, 11) is 0. The van der Waals surface area contributed by atoms with E-state index in [1.165, 1.54) is 60.5 Å². The zero-order valence-corrected chi connectivity index (χ0v) is 21.9. The second kappa shape index (κ2) is 9.14. The summed E-state index contributed by atoms with van der Waals surface area (Å²) < 4.78 is 4.57. The van der Waals surface area contributed by atoms with Crippen LogP contribution >= 0.6 is 0 Å². The lowest BCUT2D eigenvalue weighted by molar-refractivity contribution is 1.13. The first-order valence-corrected chi connectivity index (χ1v) is 13.7. The second-order valence-corrected chi connectivity index (χ2v) is 10.3. The van der Waals surface area contributed by atoms with Gasteiger partial charge < -0.3 is 9.13 Å². The first-order valence-electron chi connectivity index (χ1n) is 13.7. The van der Waals surface area contributed by atoms with E-state index in [1.54, 1.807) is 0 Å². The fraction of sp³-hybridized carbons (Fsp3) is 0. The third kappa shape index (κ3) is 3.65. The van der Waals surface area contributed by atoms with Gasteiger partial charge in [0.05, 0.1) is 11.0 Å². The van der Waals surface area contributed by atoms with Crippen LogP contribution in [0.5, 0.6) is 0 Å². The highest BCUT2D eigenvalue weighted by molar-refractivity contribution is 6.13. The molecule has 8 rings (SSSR count). The van der Waals surface area contributed by atoms with Gasteiger partial charge in [0.2, 0.25) is 0 Å². The molecule has 2 aromatic heterocycles. The molecule has 0 saturated carbocycles. The van der Waals surface area contributed by atoms with Crippen molar-refractivity contribution in [1.82, 2.24) is 9.13 Å². The molecule has 0 aliphatic carbocycles. The smallest absolute Gasteiger partial charge is 0.0607 e. The molecule has 0 aliphatic rings. The Morgan fingerprint density at radius 1 is 0.375 bits per heavy atom. The number of hydrogen-bond acceptors (Lipinski definition) is 0. The van der Waals surface area contributed by atoms with Gasteiger partial charge in [-0.05, 0) is 81.6 Å². The van der Waals surface area contributed by atoms with E-state index in [1.807, 2.05) is 0 Å². The SMILES string of the molecule is c1ccc(-c2ccc(-n3ccc4cc(-c5ccc(-n6ccc7ccccc76)cc5)c5ccccc5c43)cc2)cc1.